The number of carbonyl (C=O) groups is 2. The SMILES string of the molecule is Cc1ccc(NC(=O)c2oc3ccc4c(c3c2C)C(=O)CC2(CCCCC2)O4)cc1. The van der Waals surface area contributed by atoms with Gasteiger partial charge in [-0.3, -0.25) is 9.59 Å². The fraction of sp³-hybridized carbons (Fsp3) is 0.360. The van der Waals surface area contributed by atoms with E-state index in [0.29, 0.717) is 40.0 Å². The third kappa shape index (κ3) is 3.09. The fourth-order valence-corrected chi connectivity index (χ4v) is 4.85. The van der Waals surface area contributed by atoms with Gasteiger partial charge in [-0.15, -0.1) is 0 Å². The van der Waals surface area contributed by atoms with Crippen molar-refractivity contribution in [3.05, 3.63) is 58.8 Å². The second-order valence-electron chi connectivity index (χ2n) is 8.63. The summed E-state index contributed by atoms with van der Waals surface area (Å²) in [6.07, 6.45) is 5.63. The van der Waals surface area contributed by atoms with E-state index in [1.807, 2.05) is 44.2 Å². The first-order chi connectivity index (χ1) is 14.5. The molecule has 2 aliphatic rings. The van der Waals surface area contributed by atoms with Crippen LogP contribution in [-0.2, 0) is 0 Å². The number of anilines is 1. The van der Waals surface area contributed by atoms with E-state index in [4.69, 9.17) is 9.15 Å². The molecule has 154 valence electrons. The van der Waals surface area contributed by atoms with Crippen LogP contribution >= 0.6 is 0 Å². The molecule has 5 rings (SSSR count). The van der Waals surface area contributed by atoms with Gasteiger partial charge in [0.05, 0.1) is 12.0 Å². The van der Waals surface area contributed by atoms with E-state index in [1.54, 1.807) is 6.07 Å². The molecule has 30 heavy (non-hydrogen) atoms. The Morgan fingerprint density at radius 2 is 1.73 bits per heavy atom. The molecule has 1 aliphatic carbocycles. The molecule has 1 saturated carbocycles. The van der Waals surface area contributed by atoms with Crippen molar-refractivity contribution in [2.45, 2.75) is 58.0 Å². The summed E-state index contributed by atoms with van der Waals surface area (Å²) >= 11 is 0. The van der Waals surface area contributed by atoms with E-state index in [2.05, 4.69) is 5.32 Å². The zero-order valence-electron chi connectivity index (χ0n) is 17.3. The number of ether oxygens (including phenoxy) is 1. The second kappa shape index (κ2) is 7.01. The highest BCUT2D eigenvalue weighted by Gasteiger charge is 2.42. The molecule has 2 heterocycles. The molecule has 2 aromatic carbocycles. The summed E-state index contributed by atoms with van der Waals surface area (Å²) in [5.41, 5.74) is 3.22. The van der Waals surface area contributed by atoms with Crippen molar-refractivity contribution in [2.75, 3.05) is 5.32 Å². The minimum Gasteiger partial charge on any atom is -0.486 e. The van der Waals surface area contributed by atoms with Crippen LogP contribution in [0.3, 0.4) is 0 Å². The molecule has 1 fully saturated rings. The predicted octanol–water partition coefficient (Wildman–Crippen LogP) is 5.97. The molecule has 1 amide bonds. The van der Waals surface area contributed by atoms with E-state index >= 15 is 0 Å². The van der Waals surface area contributed by atoms with E-state index < -0.39 is 0 Å². The molecule has 3 aromatic rings. The predicted molar refractivity (Wildman–Crippen MR) is 115 cm³/mol. The van der Waals surface area contributed by atoms with Crippen LogP contribution in [0.1, 0.15) is 70.6 Å². The molecule has 0 saturated heterocycles. The highest BCUT2D eigenvalue weighted by Crippen LogP contribution is 2.45. The van der Waals surface area contributed by atoms with Crippen molar-refractivity contribution in [1.29, 1.82) is 0 Å². The van der Waals surface area contributed by atoms with Crippen LogP contribution in [0.4, 0.5) is 5.69 Å². The monoisotopic (exact) mass is 403 g/mol. The molecule has 1 spiro atoms. The highest BCUT2D eigenvalue weighted by atomic mass is 16.5. The Labute approximate surface area is 175 Å². The Bertz CT molecular complexity index is 1150. The lowest BCUT2D eigenvalue weighted by Gasteiger charge is -2.40. The Morgan fingerprint density at radius 1 is 1.00 bits per heavy atom. The minimum absolute atomic E-state index is 0.0816. The van der Waals surface area contributed by atoms with Crippen LogP contribution in [0.2, 0.25) is 0 Å². The Morgan fingerprint density at radius 3 is 2.47 bits per heavy atom. The van der Waals surface area contributed by atoms with Crippen molar-refractivity contribution in [3.63, 3.8) is 0 Å². The summed E-state index contributed by atoms with van der Waals surface area (Å²) in [6.45, 7) is 3.82. The number of ketones is 1. The van der Waals surface area contributed by atoms with Crippen LogP contribution in [0, 0.1) is 13.8 Å². The third-order valence-electron chi connectivity index (χ3n) is 6.42. The fourth-order valence-electron chi connectivity index (χ4n) is 4.85. The standard InChI is InChI=1S/C25H25NO4/c1-15-6-8-17(9-7-15)26-24(28)23-16(2)21-19(29-23)10-11-20-22(21)18(27)14-25(30-20)12-4-3-5-13-25/h6-11H,3-5,12-14H2,1-2H3,(H,26,28). The smallest absolute Gasteiger partial charge is 0.291 e. The summed E-state index contributed by atoms with van der Waals surface area (Å²) < 4.78 is 12.3. The van der Waals surface area contributed by atoms with Crippen LogP contribution < -0.4 is 10.1 Å². The molecule has 0 unspecified atom stereocenters. The zero-order chi connectivity index (χ0) is 20.9. The first kappa shape index (κ1) is 18.9. The number of rotatable bonds is 2. The van der Waals surface area contributed by atoms with E-state index in [1.165, 1.54) is 6.42 Å². The summed E-state index contributed by atoms with van der Waals surface area (Å²) in [6, 6.07) is 11.2. The maximum absolute atomic E-state index is 13.2. The van der Waals surface area contributed by atoms with Gasteiger partial charge in [0, 0.05) is 16.6 Å². The molecule has 0 radical (unpaired) electrons. The van der Waals surface area contributed by atoms with Crippen molar-refractivity contribution in [1.82, 2.24) is 0 Å². The molecule has 5 nitrogen and oxygen atoms in total. The Hall–Kier alpha value is -3.08. The Balaban J connectivity index is 1.52. The van der Waals surface area contributed by atoms with Gasteiger partial charge in [0.1, 0.15) is 16.9 Å². The highest BCUT2D eigenvalue weighted by molar-refractivity contribution is 6.14. The summed E-state index contributed by atoms with van der Waals surface area (Å²) in [5.74, 6) is 0.604. The molecule has 1 aromatic heterocycles. The summed E-state index contributed by atoms with van der Waals surface area (Å²) in [4.78, 5) is 26.1. The normalized spacial score (nSPS) is 17.6. The van der Waals surface area contributed by atoms with Crippen molar-refractivity contribution < 1.29 is 18.7 Å². The van der Waals surface area contributed by atoms with Gasteiger partial charge in [-0.25, -0.2) is 0 Å². The average molecular weight is 403 g/mol. The summed E-state index contributed by atoms with van der Waals surface area (Å²) in [7, 11) is 0. The van der Waals surface area contributed by atoms with Crippen molar-refractivity contribution in [3.8, 4) is 5.75 Å². The van der Waals surface area contributed by atoms with Crippen LogP contribution in [-0.4, -0.2) is 17.3 Å². The number of furan rings is 1. The first-order valence-corrected chi connectivity index (χ1v) is 10.6. The van der Waals surface area contributed by atoms with E-state index in [9.17, 15) is 9.59 Å². The lowest BCUT2D eigenvalue weighted by atomic mass is 9.78. The topological polar surface area (TPSA) is 68.5 Å². The number of carbonyl (C=O) groups excluding carboxylic acids is 2. The van der Waals surface area contributed by atoms with Gasteiger partial charge in [-0.2, -0.15) is 0 Å². The third-order valence-corrected chi connectivity index (χ3v) is 6.42. The first-order valence-electron chi connectivity index (χ1n) is 10.6. The Kier molecular flexibility index (Phi) is 4.42. The molecule has 0 bridgehead atoms. The molecule has 1 aliphatic heterocycles. The molecule has 1 N–H and O–H groups in total. The number of aryl methyl sites for hydroxylation is 2. The lowest BCUT2D eigenvalue weighted by molar-refractivity contribution is 0.0139. The van der Waals surface area contributed by atoms with Gasteiger partial charge in [-0.1, -0.05) is 24.1 Å². The lowest BCUT2D eigenvalue weighted by Crippen LogP contribution is -2.43. The number of amides is 1. The molecule has 5 heteroatoms. The zero-order valence-corrected chi connectivity index (χ0v) is 17.3. The summed E-state index contributed by atoms with van der Waals surface area (Å²) in [5, 5.41) is 3.57. The largest absolute Gasteiger partial charge is 0.486 e. The van der Waals surface area contributed by atoms with Crippen molar-refractivity contribution >= 4 is 28.3 Å². The van der Waals surface area contributed by atoms with Gasteiger partial charge in [0.15, 0.2) is 11.5 Å². The van der Waals surface area contributed by atoms with Gasteiger partial charge < -0.3 is 14.5 Å². The van der Waals surface area contributed by atoms with Gasteiger partial charge in [-0.05, 0) is 63.8 Å². The molecular formula is C25H25NO4. The molecule has 0 atom stereocenters. The number of fused-ring (bicyclic) bond motifs is 3. The van der Waals surface area contributed by atoms with Gasteiger partial charge in [0.2, 0.25) is 0 Å². The van der Waals surface area contributed by atoms with Crippen LogP contribution in [0.25, 0.3) is 11.0 Å². The van der Waals surface area contributed by atoms with Crippen LogP contribution in [0.5, 0.6) is 5.75 Å². The van der Waals surface area contributed by atoms with E-state index in [-0.39, 0.29) is 23.1 Å². The van der Waals surface area contributed by atoms with E-state index in [0.717, 1.165) is 31.2 Å². The number of benzene rings is 2. The number of hydrogen-bond donors (Lipinski definition) is 1. The van der Waals surface area contributed by atoms with Gasteiger partial charge >= 0.3 is 0 Å². The number of nitrogens with one attached hydrogen (secondary N) is 1. The maximum atomic E-state index is 13.2. The second-order valence-corrected chi connectivity index (χ2v) is 8.63. The maximum Gasteiger partial charge on any atom is 0.291 e. The molecular weight excluding hydrogens is 378 g/mol. The number of hydrogen-bond acceptors (Lipinski definition) is 4. The van der Waals surface area contributed by atoms with Crippen molar-refractivity contribution in [2.24, 2.45) is 0 Å². The quantitative estimate of drug-likeness (QED) is 0.572. The minimum atomic E-state index is -0.362. The van der Waals surface area contributed by atoms with Crippen LogP contribution in [0.15, 0.2) is 40.8 Å². The van der Waals surface area contributed by atoms with Gasteiger partial charge in [0.25, 0.3) is 5.91 Å². The average Bonchev–Trinajstić information content (AvgIpc) is 3.07. The number of Topliss-reactive ketones (excluding diaryl/α,β-unsaturated/α-hetero) is 1.